The van der Waals surface area contributed by atoms with Crippen LogP contribution in [0.4, 0.5) is 4.39 Å². The summed E-state index contributed by atoms with van der Waals surface area (Å²) in [6.07, 6.45) is 1.78. The molecule has 1 aromatic carbocycles. The lowest BCUT2D eigenvalue weighted by Crippen LogP contribution is -2.02. The van der Waals surface area contributed by atoms with E-state index in [4.69, 9.17) is 9.84 Å². The van der Waals surface area contributed by atoms with Crippen molar-refractivity contribution in [1.82, 2.24) is 9.97 Å². The fourth-order valence-electron chi connectivity index (χ4n) is 1.36. The molecule has 0 radical (unpaired) electrons. The smallest absolute Gasteiger partial charge is 0.322 e. The zero-order chi connectivity index (χ0) is 13.0. The van der Waals surface area contributed by atoms with Gasteiger partial charge in [-0.15, -0.1) is 0 Å². The van der Waals surface area contributed by atoms with E-state index < -0.39 is 11.8 Å². The summed E-state index contributed by atoms with van der Waals surface area (Å²) in [5.41, 5.74) is 0.498. The fraction of sp³-hybridized carbons (Fsp3) is 0.0833. The zero-order valence-corrected chi connectivity index (χ0v) is 9.21. The number of nitrogens with zero attached hydrogens (tertiary/aromatic N) is 2. The van der Waals surface area contributed by atoms with E-state index in [0.29, 0.717) is 11.3 Å². The third-order valence-corrected chi connectivity index (χ3v) is 2.11. The number of aliphatic carboxylic acids is 1. The zero-order valence-electron chi connectivity index (χ0n) is 9.21. The maximum Gasteiger partial charge on any atom is 0.322 e. The van der Waals surface area contributed by atoms with E-state index in [9.17, 15) is 9.18 Å². The second-order valence-corrected chi connectivity index (χ2v) is 3.46. The number of hydrogen-bond acceptors (Lipinski definition) is 4. The lowest BCUT2D eigenvalue weighted by molar-refractivity contribution is -0.136. The molecule has 0 bridgehead atoms. The number of halogens is 1. The molecule has 0 amide bonds. The second kappa shape index (κ2) is 5.22. The molecule has 6 heteroatoms. The summed E-state index contributed by atoms with van der Waals surface area (Å²) in [7, 11) is 0. The Morgan fingerprint density at radius 2 is 1.94 bits per heavy atom. The monoisotopic (exact) mass is 248 g/mol. The number of carboxylic acid groups (broad SMARTS) is 1. The first-order valence-electron chi connectivity index (χ1n) is 5.10. The molecular weight excluding hydrogens is 239 g/mol. The van der Waals surface area contributed by atoms with Gasteiger partial charge in [-0.2, -0.15) is 0 Å². The molecule has 0 unspecified atom stereocenters. The average Bonchev–Trinajstić information content (AvgIpc) is 2.34. The fourth-order valence-corrected chi connectivity index (χ4v) is 1.36. The van der Waals surface area contributed by atoms with Crippen LogP contribution in [0.2, 0.25) is 0 Å². The van der Waals surface area contributed by atoms with Gasteiger partial charge >= 0.3 is 12.0 Å². The lowest BCUT2D eigenvalue weighted by atomic mass is 10.1. The number of para-hydroxylation sites is 1. The van der Waals surface area contributed by atoms with Crippen molar-refractivity contribution in [1.29, 1.82) is 0 Å². The summed E-state index contributed by atoms with van der Waals surface area (Å²) in [4.78, 5) is 18.0. The van der Waals surface area contributed by atoms with Crippen LogP contribution in [0.3, 0.4) is 0 Å². The van der Waals surface area contributed by atoms with E-state index in [1.165, 1.54) is 0 Å². The van der Waals surface area contributed by atoms with E-state index in [-0.39, 0.29) is 12.4 Å². The molecule has 2 rings (SSSR count). The highest BCUT2D eigenvalue weighted by atomic mass is 19.1. The van der Waals surface area contributed by atoms with Crippen LogP contribution in [0.15, 0.2) is 36.7 Å². The second-order valence-electron chi connectivity index (χ2n) is 3.46. The Balaban J connectivity index is 2.23. The SMILES string of the molecule is O=C(O)Cc1ccccc1Oc1ncc(F)cn1. The minimum atomic E-state index is -0.967. The van der Waals surface area contributed by atoms with Crippen molar-refractivity contribution in [3.05, 3.63) is 48.0 Å². The summed E-state index contributed by atoms with van der Waals surface area (Å²) >= 11 is 0. The Bertz CT molecular complexity index is 558. The van der Waals surface area contributed by atoms with Gasteiger partial charge in [-0.05, 0) is 6.07 Å². The van der Waals surface area contributed by atoms with Crippen molar-refractivity contribution in [2.24, 2.45) is 0 Å². The Morgan fingerprint density at radius 1 is 1.28 bits per heavy atom. The highest BCUT2D eigenvalue weighted by molar-refractivity contribution is 5.71. The van der Waals surface area contributed by atoms with Gasteiger partial charge in [0, 0.05) is 5.56 Å². The first kappa shape index (κ1) is 12.0. The molecule has 0 saturated carbocycles. The summed E-state index contributed by atoms with van der Waals surface area (Å²) in [5, 5.41) is 8.76. The van der Waals surface area contributed by atoms with E-state index in [1.807, 2.05) is 0 Å². The van der Waals surface area contributed by atoms with Crippen molar-refractivity contribution in [3.8, 4) is 11.8 Å². The quantitative estimate of drug-likeness (QED) is 0.896. The minimum absolute atomic E-state index is 0.0331. The molecule has 0 atom stereocenters. The van der Waals surface area contributed by atoms with Gasteiger partial charge in [0.15, 0.2) is 5.82 Å². The van der Waals surface area contributed by atoms with Crippen LogP contribution < -0.4 is 4.74 Å². The van der Waals surface area contributed by atoms with Gasteiger partial charge in [0.25, 0.3) is 0 Å². The van der Waals surface area contributed by atoms with Crippen molar-refractivity contribution in [2.45, 2.75) is 6.42 Å². The summed E-state index contributed by atoms with van der Waals surface area (Å²) in [6, 6.07) is 6.60. The minimum Gasteiger partial charge on any atom is -0.481 e. The highest BCUT2D eigenvalue weighted by Crippen LogP contribution is 2.22. The highest BCUT2D eigenvalue weighted by Gasteiger charge is 2.09. The first-order chi connectivity index (χ1) is 8.65. The lowest BCUT2D eigenvalue weighted by Gasteiger charge is -2.07. The largest absolute Gasteiger partial charge is 0.481 e. The molecule has 1 N–H and O–H groups in total. The van der Waals surface area contributed by atoms with Crippen molar-refractivity contribution in [3.63, 3.8) is 0 Å². The third kappa shape index (κ3) is 3.00. The Hall–Kier alpha value is -2.50. The number of carboxylic acids is 1. The molecule has 1 heterocycles. The molecule has 0 saturated heterocycles. The van der Waals surface area contributed by atoms with Crippen molar-refractivity contribution < 1.29 is 19.0 Å². The number of benzene rings is 1. The maximum atomic E-state index is 12.6. The van der Waals surface area contributed by atoms with Crippen LogP contribution in [0.5, 0.6) is 11.8 Å². The number of carbonyl (C=O) groups is 1. The van der Waals surface area contributed by atoms with E-state index in [2.05, 4.69) is 9.97 Å². The number of hydrogen-bond donors (Lipinski definition) is 1. The van der Waals surface area contributed by atoms with Crippen LogP contribution in [-0.2, 0) is 11.2 Å². The predicted molar refractivity (Wildman–Crippen MR) is 59.8 cm³/mol. The van der Waals surface area contributed by atoms with Crippen LogP contribution >= 0.6 is 0 Å². The van der Waals surface area contributed by atoms with E-state index in [1.54, 1.807) is 24.3 Å². The molecule has 0 aliphatic rings. The average molecular weight is 248 g/mol. The van der Waals surface area contributed by atoms with Crippen LogP contribution in [0.25, 0.3) is 0 Å². The summed E-state index contributed by atoms with van der Waals surface area (Å²) < 4.78 is 17.9. The Morgan fingerprint density at radius 3 is 2.61 bits per heavy atom. The molecule has 92 valence electrons. The number of aromatic nitrogens is 2. The maximum absolute atomic E-state index is 12.6. The topological polar surface area (TPSA) is 72.3 Å². The van der Waals surface area contributed by atoms with E-state index >= 15 is 0 Å². The van der Waals surface area contributed by atoms with Gasteiger partial charge in [-0.3, -0.25) is 4.79 Å². The molecule has 18 heavy (non-hydrogen) atoms. The first-order valence-corrected chi connectivity index (χ1v) is 5.10. The molecule has 1 aromatic heterocycles. The van der Waals surface area contributed by atoms with Crippen LogP contribution in [0.1, 0.15) is 5.56 Å². The summed E-state index contributed by atoms with van der Waals surface area (Å²) in [6.45, 7) is 0. The molecule has 0 fully saturated rings. The standard InChI is InChI=1S/C12H9FN2O3/c13-9-6-14-12(15-7-9)18-10-4-2-1-3-8(10)5-11(16)17/h1-4,6-7H,5H2,(H,16,17). The van der Waals surface area contributed by atoms with Gasteiger partial charge in [-0.25, -0.2) is 14.4 Å². The summed E-state index contributed by atoms with van der Waals surface area (Å²) in [5.74, 6) is -1.20. The van der Waals surface area contributed by atoms with Gasteiger partial charge < -0.3 is 9.84 Å². The van der Waals surface area contributed by atoms with Crippen LogP contribution in [-0.4, -0.2) is 21.0 Å². The normalized spacial score (nSPS) is 10.1. The Labute approximate surface area is 102 Å². The van der Waals surface area contributed by atoms with Gasteiger partial charge in [0.05, 0.1) is 18.8 Å². The molecule has 0 spiro atoms. The predicted octanol–water partition coefficient (Wildman–Crippen LogP) is 2.04. The van der Waals surface area contributed by atoms with Crippen molar-refractivity contribution in [2.75, 3.05) is 0 Å². The van der Waals surface area contributed by atoms with Crippen molar-refractivity contribution >= 4 is 5.97 Å². The molecule has 0 aliphatic carbocycles. The van der Waals surface area contributed by atoms with Gasteiger partial charge in [0.1, 0.15) is 5.75 Å². The Kier molecular flexibility index (Phi) is 3.47. The molecule has 2 aromatic rings. The molecular formula is C12H9FN2O3. The number of rotatable bonds is 4. The van der Waals surface area contributed by atoms with Gasteiger partial charge in [-0.1, -0.05) is 18.2 Å². The van der Waals surface area contributed by atoms with E-state index in [0.717, 1.165) is 12.4 Å². The third-order valence-electron chi connectivity index (χ3n) is 2.11. The molecule has 5 nitrogen and oxygen atoms in total. The van der Waals surface area contributed by atoms with Gasteiger partial charge in [0.2, 0.25) is 0 Å². The van der Waals surface area contributed by atoms with Crippen LogP contribution in [0, 0.1) is 5.82 Å². The molecule has 0 aliphatic heterocycles. The number of ether oxygens (including phenoxy) is 1.